The van der Waals surface area contributed by atoms with E-state index in [0.717, 1.165) is 0 Å². The minimum absolute atomic E-state index is 0. The van der Waals surface area contributed by atoms with Crippen LogP contribution >= 0.6 is 0 Å². The van der Waals surface area contributed by atoms with Crippen molar-refractivity contribution in [2.75, 3.05) is 13.7 Å². The quantitative estimate of drug-likeness (QED) is 0.286. The third kappa shape index (κ3) is 6.39. The Hall–Kier alpha value is 0.390. The van der Waals surface area contributed by atoms with Crippen molar-refractivity contribution in [3.8, 4) is 0 Å². The van der Waals surface area contributed by atoms with Gasteiger partial charge in [-0.25, -0.2) is 4.79 Å². The molecule has 0 aromatic rings. The van der Waals surface area contributed by atoms with Crippen molar-refractivity contribution in [1.29, 1.82) is 0 Å². The Labute approximate surface area is 69.0 Å². The van der Waals surface area contributed by atoms with Gasteiger partial charge in [0.25, 0.3) is 0 Å². The largest absolute Gasteiger partial charge is 0.385 e. The van der Waals surface area contributed by atoms with E-state index in [4.69, 9.17) is 5.11 Å². The predicted molar refractivity (Wildman–Crippen MR) is 25.9 cm³/mol. The fourth-order valence-corrected chi connectivity index (χ4v) is 0.119. The Morgan fingerprint density at radius 1 is 1.75 bits per heavy atom. The first-order valence-corrected chi connectivity index (χ1v) is 1.65. The van der Waals surface area contributed by atoms with Crippen LogP contribution in [0.3, 0.4) is 0 Å². The Morgan fingerprint density at radius 2 is 2.25 bits per heavy atom. The average Bonchev–Trinajstić information content (AvgIpc) is 1.68. The molecule has 1 radical (unpaired) electrons. The van der Waals surface area contributed by atoms with E-state index < -0.39 is 12.6 Å². The molecular weight excluding hydrogens is 123 g/mol. The third-order valence-corrected chi connectivity index (χ3v) is 0.305. The monoisotopic (exact) mass is 129 g/mol. The minimum atomic E-state index is -0.789. The summed E-state index contributed by atoms with van der Waals surface area (Å²) in [6.07, 6.45) is 0. The average molecular weight is 129 g/mol. The normalized spacial score (nSPS) is 7.25. The fraction of sp³-hybridized carbons (Fsp3) is 0.667. The van der Waals surface area contributed by atoms with E-state index in [1.807, 2.05) is 0 Å². The van der Waals surface area contributed by atoms with Crippen LogP contribution in [-0.2, 0) is 14.6 Å². The standard InChI is InChI=1S/C3H6O4.Na/c1-6-7-3(5)2-4;/h4H,2H2,1H3;. The summed E-state index contributed by atoms with van der Waals surface area (Å²) in [6, 6.07) is 0. The molecule has 0 atom stereocenters. The maximum absolute atomic E-state index is 9.81. The van der Waals surface area contributed by atoms with Crippen molar-refractivity contribution in [2.24, 2.45) is 0 Å². The number of carbonyl (C=O) groups is 1. The molecule has 4 nitrogen and oxygen atoms in total. The van der Waals surface area contributed by atoms with E-state index in [-0.39, 0.29) is 29.6 Å². The molecule has 0 heterocycles. The molecule has 0 aromatic heterocycles. The van der Waals surface area contributed by atoms with Gasteiger partial charge in [0.15, 0.2) is 0 Å². The van der Waals surface area contributed by atoms with Crippen LogP contribution in [-0.4, -0.2) is 54.3 Å². The van der Waals surface area contributed by atoms with E-state index in [0.29, 0.717) is 0 Å². The smallest absolute Gasteiger partial charge is 0.367 e. The summed E-state index contributed by atoms with van der Waals surface area (Å²) in [5.74, 6) is -0.789. The van der Waals surface area contributed by atoms with Gasteiger partial charge >= 0.3 is 5.97 Å². The molecule has 5 heteroatoms. The zero-order chi connectivity index (χ0) is 5.70. The second-order valence-corrected chi connectivity index (χ2v) is 0.780. The molecular formula is C3H6NaO4. The molecule has 0 aliphatic carbocycles. The molecule has 0 fully saturated rings. The van der Waals surface area contributed by atoms with Gasteiger partial charge < -0.3 is 5.11 Å². The van der Waals surface area contributed by atoms with Crippen LogP contribution in [0.15, 0.2) is 0 Å². The van der Waals surface area contributed by atoms with E-state index in [2.05, 4.69) is 9.78 Å². The summed E-state index contributed by atoms with van der Waals surface area (Å²) >= 11 is 0. The second-order valence-electron chi connectivity index (χ2n) is 0.780. The van der Waals surface area contributed by atoms with Crippen LogP contribution in [0.25, 0.3) is 0 Å². The van der Waals surface area contributed by atoms with Crippen molar-refractivity contribution in [3.63, 3.8) is 0 Å². The Morgan fingerprint density at radius 3 is 2.38 bits per heavy atom. The molecule has 43 valence electrons. The molecule has 0 spiro atoms. The molecule has 0 aromatic carbocycles. The summed E-state index contributed by atoms with van der Waals surface area (Å²) in [4.78, 5) is 17.5. The number of aliphatic hydroxyl groups excluding tert-OH is 1. The van der Waals surface area contributed by atoms with Gasteiger partial charge in [0.05, 0.1) is 7.11 Å². The van der Waals surface area contributed by atoms with Gasteiger partial charge in [-0.2, -0.15) is 4.89 Å². The van der Waals surface area contributed by atoms with Crippen molar-refractivity contribution < 1.29 is 19.7 Å². The molecule has 0 amide bonds. The number of hydrogen-bond donors (Lipinski definition) is 1. The first-order chi connectivity index (χ1) is 3.31. The van der Waals surface area contributed by atoms with Crippen molar-refractivity contribution in [2.45, 2.75) is 0 Å². The molecule has 0 saturated carbocycles. The zero-order valence-corrected chi connectivity index (χ0v) is 6.88. The minimum Gasteiger partial charge on any atom is -0.385 e. The van der Waals surface area contributed by atoms with E-state index >= 15 is 0 Å². The van der Waals surface area contributed by atoms with E-state index in [1.54, 1.807) is 0 Å². The number of carbonyl (C=O) groups excluding carboxylic acids is 1. The molecule has 8 heavy (non-hydrogen) atoms. The molecule has 0 rings (SSSR count). The van der Waals surface area contributed by atoms with E-state index in [9.17, 15) is 4.79 Å². The van der Waals surface area contributed by atoms with Crippen LogP contribution in [0, 0.1) is 0 Å². The first-order valence-electron chi connectivity index (χ1n) is 1.65. The maximum Gasteiger partial charge on any atom is 0.367 e. The zero-order valence-electron chi connectivity index (χ0n) is 4.88. The molecule has 0 bridgehead atoms. The van der Waals surface area contributed by atoms with Gasteiger partial charge in [0, 0.05) is 29.6 Å². The molecule has 0 saturated heterocycles. The van der Waals surface area contributed by atoms with E-state index in [1.165, 1.54) is 7.11 Å². The molecule has 0 aliphatic rings. The summed E-state index contributed by atoms with van der Waals surface area (Å²) in [6.45, 7) is -0.645. The third-order valence-electron chi connectivity index (χ3n) is 0.305. The van der Waals surface area contributed by atoms with Crippen LogP contribution in [0.5, 0.6) is 0 Å². The Kier molecular flexibility index (Phi) is 10.4. The van der Waals surface area contributed by atoms with Crippen LogP contribution in [0.4, 0.5) is 0 Å². The fourth-order valence-electron chi connectivity index (χ4n) is 0.119. The van der Waals surface area contributed by atoms with Gasteiger partial charge in [-0.3, -0.25) is 4.89 Å². The van der Waals surface area contributed by atoms with Crippen molar-refractivity contribution >= 4 is 35.5 Å². The Bertz CT molecular complexity index is 64.3. The topological polar surface area (TPSA) is 55.8 Å². The summed E-state index contributed by atoms with van der Waals surface area (Å²) in [7, 11) is 1.19. The first kappa shape index (κ1) is 11.2. The SMILES string of the molecule is COOC(=O)CO.[Na]. The molecule has 1 N–H and O–H groups in total. The van der Waals surface area contributed by atoms with Crippen LogP contribution in [0.1, 0.15) is 0 Å². The van der Waals surface area contributed by atoms with Crippen molar-refractivity contribution in [1.82, 2.24) is 0 Å². The van der Waals surface area contributed by atoms with Gasteiger partial charge in [-0.15, -0.1) is 0 Å². The summed E-state index contributed by atoms with van der Waals surface area (Å²) < 4.78 is 0. The van der Waals surface area contributed by atoms with Gasteiger partial charge in [0.1, 0.15) is 6.61 Å². The van der Waals surface area contributed by atoms with Gasteiger partial charge in [0.2, 0.25) is 0 Å². The predicted octanol–water partition coefficient (Wildman–Crippen LogP) is -1.30. The second kappa shape index (κ2) is 7.39. The number of aliphatic hydroxyl groups is 1. The molecule has 0 unspecified atom stereocenters. The summed E-state index contributed by atoms with van der Waals surface area (Å²) in [5, 5.41) is 7.91. The van der Waals surface area contributed by atoms with Crippen LogP contribution < -0.4 is 0 Å². The molecule has 0 aliphatic heterocycles. The van der Waals surface area contributed by atoms with Crippen LogP contribution in [0.2, 0.25) is 0 Å². The van der Waals surface area contributed by atoms with Gasteiger partial charge in [-0.05, 0) is 0 Å². The van der Waals surface area contributed by atoms with Gasteiger partial charge in [-0.1, -0.05) is 0 Å². The van der Waals surface area contributed by atoms with Crippen molar-refractivity contribution in [3.05, 3.63) is 0 Å². The Balaban J connectivity index is 0. The number of hydrogen-bond acceptors (Lipinski definition) is 4. The maximum atomic E-state index is 9.81. The summed E-state index contributed by atoms with van der Waals surface area (Å²) in [5.41, 5.74) is 0. The number of rotatable bonds is 2.